The monoisotopic (exact) mass is 371 g/mol. The van der Waals surface area contributed by atoms with Gasteiger partial charge in [0.1, 0.15) is 0 Å². The molecular formula is C18H17N3O4S. The Bertz CT molecular complexity index is 1040. The number of hydrogen-bond donors (Lipinski definition) is 1. The summed E-state index contributed by atoms with van der Waals surface area (Å²) in [4.78, 5) is 40.5. The Kier molecular flexibility index (Phi) is 5.13. The Hall–Kier alpha value is -3.00. The molecule has 1 aromatic carbocycles. The van der Waals surface area contributed by atoms with Crippen LogP contribution in [0.25, 0.3) is 10.9 Å². The molecule has 3 aromatic rings. The average molecular weight is 371 g/mol. The van der Waals surface area contributed by atoms with Crippen LogP contribution in [0.1, 0.15) is 23.0 Å². The predicted octanol–water partition coefficient (Wildman–Crippen LogP) is 2.35. The summed E-state index contributed by atoms with van der Waals surface area (Å²) < 4.78 is 6.37. The Morgan fingerprint density at radius 1 is 1.31 bits per heavy atom. The van der Waals surface area contributed by atoms with E-state index in [0.29, 0.717) is 28.3 Å². The van der Waals surface area contributed by atoms with Crippen molar-refractivity contribution >= 4 is 39.2 Å². The summed E-state index contributed by atoms with van der Waals surface area (Å²) in [5.41, 5.74) is 1.21. The van der Waals surface area contributed by atoms with Gasteiger partial charge in [0.15, 0.2) is 5.13 Å². The largest absolute Gasteiger partial charge is 0.466 e. The van der Waals surface area contributed by atoms with Crippen LogP contribution in [0.2, 0.25) is 0 Å². The first-order valence-corrected chi connectivity index (χ1v) is 8.87. The van der Waals surface area contributed by atoms with Crippen molar-refractivity contribution in [2.45, 2.75) is 13.3 Å². The van der Waals surface area contributed by atoms with E-state index in [0.717, 1.165) is 0 Å². The predicted molar refractivity (Wildman–Crippen MR) is 99.6 cm³/mol. The summed E-state index contributed by atoms with van der Waals surface area (Å²) in [7, 11) is 1.66. The molecule has 2 heterocycles. The molecule has 0 aliphatic heterocycles. The number of hydrogen-bond acceptors (Lipinski definition) is 6. The first-order chi connectivity index (χ1) is 12.5. The second-order valence-corrected chi connectivity index (χ2v) is 6.41. The van der Waals surface area contributed by atoms with Gasteiger partial charge in [-0.1, -0.05) is 18.2 Å². The van der Waals surface area contributed by atoms with Gasteiger partial charge in [-0.05, 0) is 13.0 Å². The SMILES string of the molecule is CCOC(=O)Cc1csc(NC(=O)c2cc(=O)n(C)c3ccccc23)n1. The molecule has 0 saturated carbocycles. The number of anilines is 1. The molecule has 1 amide bonds. The van der Waals surface area contributed by atoms with E-state index in [-0.39, 0.29) is 23.5 Å². The number of pyridine rings is 1. The van der Waals surface area contributed by atoms with Gasteiger partial charge >= 0.3 is 5.97 Å². The fourth-order valence-electron chi connectivity index (χ4n) is 2.57. The molecule has 7 nitrogen and oxygen atoms in total. The highest BCUT2D eigenvalue weighted by Gasteiger charge is 2.15. The summed E-state index contributed by atoms with van der Waals surface area (Å²) in [5, 5.41) is 5.42. The first kappa shape index (κ1) is 17.8. The number of aromatic nitrogens is 2. The molecule has 0 spiro atoms. The van der Waals surface area contributed by atoms with E-state index in [4.69, 9.17) is 4.74 Å². The third kappa shape index (κ3) is 3.65. The third-order valence-corrected chi connectivity index (χ3v) is 4.61. The van der Waals surface area contributed by atoms with Gasteiger partial charge in [-0.15, -0.1) is 11.3 Å². The Balaban J connectivity index is 1.84. The van der Waals surface area contributed by atoms with E-state index in [9.17, 15) is 14.4 Å². The number of rotatable bonds is 5. The molecule has 0 bridgehead atoms. The number of benzene rings is 1. The van der Waals surface area contributed by atoms with Crippen LogP contribution in [-0.4, -0.2) is 28.0 Å². The standard InChI is InChI=1S/C18H17N3O4S/c1-3-25-16(23)8-11-10-26-18(19-11)20-17(24)13-9-15(22)21(2)14-7-5-4-6-12(13)14/h4-7,9-10H,3,8H2,1-2H3,(H,19,20,24). The van der Waals surface area contributed by atoms with Crippen LogP contribution in [0.4, 0.5) is 5.13 Å². The molecule has 0 saturated heterocycles. The van der Waals surface area contributed by atoms with Crippen molar-refractivity contribution in [2.24, 2.45) is 7.05 Å². The number of nitrogens with zero attached hydrogens (tertiary/aromatic N) is 2. The Labute approximate surface area is 153 Å². The van der Waals surface area contributed by atoms with Gasteiger partial charge in [-0.3, -0.25) is 19.7 Å². The maximum Gasteiger partial charge on any atom is 0.311 e. The number of thiazole rings is 1. The van der Waals surface area contributed by atoms with Crippen LogP contribution in [0, 0.1) is 0 Å². The summed E-state index contributed by atoms with van der Waals surface area (Å²) in [6, 6.07) is 8.51. The van der Waals surface area contributed by atoms with E-state index in [2.05, 4.69) is 10.3 Å². The molecule has 0 atom stereocenters. The summed E-state index contributed by atoms with van der Waals surface area (Å²) >= 11 is 1.21. The van der Waals surface area contributed by atoms with E-state index in [1.165, 1.54) is 22.0 Å². The summed E-state index contributed by atoms with van der Waals surface area (Å²) in [5.74, 6) is -0.788. The van der Waals surface area contributed by atoms with Gasteiger partial charge in [-0.2, -0.15) is 0 Å². The van der Waals surface area contributed by atoms with Crippen LogP contribution in [0.3, 0.4) is 0 Å². The fourth-order valence-corrected chi connectivity index (χ4v) is 3.27. The minimum absolute atomic E-state index is 0.0506. The molecular weight excluding hydrogens is 354 g/mol. The number of amides is 1. The molecule has 0 radical (unpaired) electrons. The van der Waals surface area contributed by atoms with E-state index < -0.39 is 5.91 Å². The van der Waals surface area contributed by atoms with Crippen LogP contribution in [0.5, 0.6) is 0 Å². The lowest BCUT2D eigenvalue weighted by Gasteiger charge is -2.09. The number of aryl methyl sites for hydroxylation is 1. The number of para-hydroxylation sites is 1. The van der Waals surface area contributed by atoms with Gasteiger partial charge in [0, 0.05) is 23.9 Å². The second-order valence-electron chi connectivity index (χ2n) is 5.55. The lowest BCUT2D eigenvalue weighted by Crippen LogP contribution is -2.21. The highest BCUT2D eigenvalue weighted by atomic mass is 32.1. The van der Waals surface area contributed by atoms with Gasteiger partial charge in [0.05, 0.1) is 29.8 Å². The van der Waals surface area contributed by atoms with Crippen molar-refractivity contribution in [1.82, 2.24) is 9.55 Å². The maximum absolute atomic E-state index is 12.6. The molecule has 0 aliphatic carbocycles. The zero-order valence-electron chi connectivity index (χ0n) is 14.3. The molecule has 0 unspecified atom stereocenters. The third-order valence-electron chi connectivity index (χ3n) is 3.80. The molecule has 0 aliphatic rings. The molecule has 8 heteroatoms. The van der Waals surface area contributed by atoms with E-state index in [1.807, 2.05) is 12.1 Å². The Morgan fingerprint density at radius 2 is 2.08 bits per heavy atom. The molecule has 134 valence electrons. The molecule has 2 aromatic heterocycles. The molecule has 1 N–H and O–H groups in total. The number of esters is 1. The first-order valence-electron chi connectivity index (χ1n) is 7.99. The van der Waals surface area contributed by atoms with Gasteiger partial charge in [-0.25, -0.2) is 4.98 Å². The van der Waals surface area contributed by atoms with Gasteiger partial charge < -0.3 is 9.30 Å². The normalized spacial score (nSPS) is 10.7. The quantitative estimate of drug-likeness (QED) is 0.695. The van der Waals surface area contributed by atoms with Gasteiger partial charge in [0.25, 0.3) is 11.5 Å². The summed E-state index contributed by atoms with van der Waals surface area (Å²) in [6.45, 7) is 2.04. The van der Waals surface area contributed by atoms with E-state index >= 15 is 0 Å². The van der Waals surface area contributed by atoms with E-state index in [1.54, 1.807) is 31.5 Å². The molecule has 3 rings (SSSR count). The van der Waals surface area contributed by atoms with Crippen molar-refractivity contribution in [2.75, 3.05) is 11.9 Å². The lowest BCUT2D eigenvalue weighted by atomic mass is 10.1. The smallest absolute Gasteiger partial charge is 0.311 e. The highest BCUT2D eigenvalue weighted by molar-refractivity contribution is 7.14. The average Bonchev–Trinajstić information content (AvgIpc) is 3.05. The van der Waals surface area contributed by atoms with Crippen molar-refractivity contribution < 1.29 is 14.3 Å². The topological polar surface area (TPSA) is 90.3 Å². The minimum Gasteiger partial charge on any atom is -0.466 e. The number of carbonyl (C=O) groups is 2. The Morgan fingerprint density at radius 3 is 2.85 bits per heavy atom. The van der Waals surface area contributed by atoms with Crippen LogP contribution >= 0.6 is 11.3 Å². The zero-order valence-corrected chi connectivity index (χ0v) is 15.1. The second kappa shape index (κ2) is 7.49. The van der Waals surface area contributed by atoms with Crippen molar-refractivity contribution in [3.8, 4) is 0 Å². The molecule has 0 fully saturated rings. The van der Waals surface area contributed by atoms with Crippen molar-refractivity contribution in [1.29, 1.82) is 0 Å². The van der Waals surface area contributed by atoms with Crippen LogP contribution < -0.4 is 10.9 Å². The number of fused-ring (bicyclic) bond motifs is 1. The minimum atomic E-state index is -0.420. The zero-order chi connectivity index (χ0) is 18.7. The van der Waals surface area contributed by atoms with Gasteiger partial charge in [0.2, 0.25) is 0 Å². The number of ether oxygens (including phenoxy) is 1. The maximum atomic E-state index is 12.6. The van der Waals surface area contributed by atoms with Crippen molar-refractivity contribution in [3.05, 3.63) is 57.3 Å². The fraction of sp³-hybridized carbons (Fsp3) is 0.222. The van der Waals surface area contributed by atoms with Crippen molar-refractivity contribution in [3.63, 3.8) is 0 Å². The summed E-state index contributed by atoms with van der Waals surface area (Å²) in [6.07, 6.45) is 0.0506. The van der Waals surface area contributed by atoms with Crippen LogP contribution in [-0.2, 0) is 23.0 Å². The highest BCUT2D eigenvalue weighted by Crippen LogP contribution is 2.20. The van der Waals surface area contributed by atoms with Crippen LogP contribution in [0.15, 0.2) is 40.5 Å². The molecule has 26 heavy (non-hydrogen) atoms. The lowest BCUT2D eigenvalue weighted by molar-refractivity contribution is -0.142. The number of nitrogens with one attached hydrogen (secondary N) is 1. The number of carbonyl (C=O) groups excluding carboxylic acids is 2.